The van der Waals surface area contributed by atoms with Gasteiger partial charge in [-0.1, -0.05) is 24.3 Å². The van der Waals surface area contributed by atoms with Crippen LogP contribution in [-0.4, -0.2) is 32.5 Å². The van der Waals surface area contributed by atoms with Crippen LogP contribution in [0.3, 0.4) is 0 Å². The maximum atomic E-state index is 12.4. The van der Waals surface area contributed by atoms with E-state index < -0.39 is 0 Å². The highest BCUT2D eigenvalue weighted by molar-refractivity contribution is 7.12. The number of pyridine rings is 1. The van der Waals surface area contributed by atoms with Crippen molar-refractivity contribution in [3.8, 4) is 0 Å². The van der Waals surface area contributed by atoms with E-state index in [2.05, 4.69) is 15.7 Å². The number of nitrogens with one attached hydrogen (secondary N) is 2. The predicted octanol–water partition coefficient (Wildman–Crippen LogP) is 2.75. The van der Waals surface area contributed by atoms with Crippen LogP contribution in [0.25, 0.3) is 5.65 Å². The minimum atomic E-state index is -0.213. The molecule has 1 aromatic carbocycles. The van der Waals surface area contributed by atoms with Gasteiger partial charge in [-0.15, -0.1) is 16.4 Å². The molecular weight excluding hydrogens is 414 g/mol. The van der Waals surface area contributed by atoms with Gasteiger partial charge in [0.25, 0.3) is 5.91 Å². The average Bonchev–Trinajstić information content (AvgIpc) is 3.41. The Morgan fingerprint density at radius 2 is 1.97 bits per heavy atom. The van der Waals surface area contributed by atoms with Gasteiger partial charge >= 0.3 is 5.69 Å². The van der Waals surface area contributed by atoms with Crippen LogP contribution >= 0.6 is 11.3 Å². The van der Waals surface area contributed by atoms with Gasteiger partial charge in [-0.3, -0.25) is 14.0 Å². The number of fused-ring (bicyclic) bond motifs is 1. The third-order valence-corrected chi connectivity index (χ3v) is 5.51. The van der Waals surface area contributed by atoms with Crippen molar-refractivity contribution in [1.29, 1.82) is 0 Å². The van der Waals surface area contributed by atoms with Crippen LogP contribution < -0.4 is 16.3 Å². The molecule has 8 nitrogen and oxygen atoms in total. The number of anilines is 1. The van der Waals surface area contributed by atoms with Gasteiger partial charge in [0.1, 0.15) is 0 Å². The first kappa shape index (κ1) is 20.5. The van der Waals surface area contributed by atoms with Gasteiger partial charge in [-0.25, -0.2) is 9.48 Å². The molecular formula is C22H21N5O3S. The molecule has 0 spiro atoms. The van der Waals surface area contributed by atoms with Gasteiger partial charge in [0, 0.05) is 24.8 Å². The Bertz CT molecular complexity index is 1260. The predicted molar refractivity (Wildman–Crippen MR) is 120 cm³/mol. The van der Waals surface area contributed by atoms with Crippen molar-refractivity contribution in [2.75, 3.05) is 11.9 Å². The van der Waals surface area contributed by atoms with E-state index >= 15 is 0 Å². The molecule has 0 saturated heterocycles. The highest BCUT2D eigenvalue weighted by Crippen LogP contribution is 2.12. The highest BCUT2D eigenvalue weighted by Gasteiger charge is 2.09. The van der Waals surface area contributed by atoms with E-state index in [1.165, 1.54) is 20.4 Å². The molecule has 4 rings (SSSR count). The summed E-state index contributed by atoms with van der Waals surface area (Å²) in [5.74, 6) is -0.252. The lowest BCUT2D eigenvalue weighted by atomic mass is 10.2. The van der Waals surface area contributed by atoms with Gasteiger partial charge in [0.05, 0.1) is 11.4 Å². The molecule has 3 aromatic heterocycles. The fourth-order valence-electron chi connectivity index (χ4n) is 3.16. The summed E-state index contributed by atoms with van der Waals surface area (Å²) in [6.45, 7) is 0.736. The number of carbonyl (C=O) groups excluding carboxylic acids is 2. The zero-order valence-corrected chi connectivity index (χ0v) is 17.5. The van der Waals surface area contributed by atoms with Crippen molar-refractivity contribution in [3.05, 3.63) is 87.1 Å². The van der Waals surface area contributed by atoms with E-state index in [-0.39, 0.29) is 17.5 Å². The Hall–Kier alpha value is -3.72. The maximum absolute atomic E-state index is 12.4. The van der Waals surface area contributed by atoms with Gasteiger partial charge in [-0.2, -0.15) is 0 Å². The number of benzene rings is 1. The number of rotatable bonds is 8. The molecule has 0 saturated carbocycles. The number of carbonyl (C=O) groups is 2. The minimum absolute atomic E-state index is 0.120. The Balaban J connectivity index is 1.29. The molecule has 0 unspecified atom stereocenters. The third kappa shape index (κ3) is 5.07. The zero-order chi connectivity index (χ0) is 21.6. The van der Waals surface area contributed by atoms with Crippen molar-refractivity contribution in [2.45, 2.75) is 19.4 Å². The number of thiophene rings is 1. The maximum Gasteiger partial charge on any atom is 0.350 e. The van der Waals surface area contributed by atoms with Crippen LogP contribution in [0.4, 0.5) is 5.69 Å². The zero-order valence-electron chi connectivity index (χ0n) is 16.7. The van der Waals surface area contributed by atoms with Crippen molar-refractivity contribution >= 4 is 34.5 Å². The van der Waals surface area contributed by atoms with Crippen LogP contribution in [0, 0.1) is 0 Å². The summed E-state index contributed by atoms with van der Waals surface area (Å²) in [7, 11) is 0. The molecule has 0 bridgehead atoms. The van der Waals surface area contributed by atoms with Crippen molar-refractivity contribution in [1.82, 2.24) is 19.5 Å². The molecule has 2 N–H and O–H groups in total. The quantitative estimate of drug-likeness (QED) is 0.416. The van der Waals surface area contributed by atoms with Gasteiger partial charge < -0.3 is 10.6 Å². The number of nitrogens with zero attached hydrogens (tertiary/aromatic N) is 3. The first-order valence-corrected chi connectivity index (χ1v) is 10.7. The topological polar surface area (TPSA) is 97.5 Å². The Kier molecular flexibility index (Phi) is 6.23. The summed E-state index contributed by atoms with van der Waals surface area (Å²) in [6.07, 6.45) is 2.51. The molecule has 0 aliphatic carbocycles. The molecule has 4 aromatic rings. The normalized spacial score (nSPS) is 10.8. The largest absolute Gasteiger partial charge is 0.351 e. The van der Waals surface area contributed by atoms with Crippen LogP contribution in [0.5, 0.6) is 0 Å². The third-order valence-electron chi connectivity index (χ3n) is 4.64. The lowest BCUT2D eigenvalue weighted by molar-refractivity contribution is -0.116. The van der Waals surface area contributed by atoms with E-state index in [1.807, 2.05) is 35.7 Å². The van der Waals surface area contributed by atoms with Gasteiger partial charge in [0.2, 0.25) is 5.91 Å². The van der Waals surface area contributed by atoms with E-state index in [0.717, 1.165) is 5.56 Å². The highest BCUT2D eigenvalue weighted by atomic mass is 32.1. The number of hydrogen-bond donors (Lipinski definition) is 2. The lowest BCUT2D eigenvalue weighted by Gasteiger charge is -2.08. The molecule has 0 aliphatic rings. The van der Waals surface area contributed by atoms with E-state index in [1.54, 1.807) is 30.5 Å². The van der Waals surface area contributed by atoms with Gasteiger partial charge in [0.15, 0.2) is 5.65 Å². The molecule has 9 heteroatoms. The first-order chi connectivity index (χ1) is 15.1. The van der Waals surface area contributed by atoms with Crippen molar-refractivity contribution < 1.29 is 9.59 Å². The molecule has 158 valence electrons. The molecule has 0 radical (unpaired) electrons. The smallest absolute Gasteiger partial charge is 0.350 e. The molecule has 31 heavy (non-hydrogen) atoms. The summed E-state index contributed by atoms with van der Waals surface area (Å²) in [5.41, 5.74) is 1.88. The molecule has 0 fully saturated rings. The standard InChI is InChI=1S/C22H21N5O3S/c28-20(10-4-11-23-21(29)18-8-5-13-31-18)24-17-7-3-6-16(14-17)15-27-22(30)26-12-2-1-9-19(26)25-27/h1-3,5-9,12-14H,4,10-11,15H2,(H,23,29)(H,24,28). The summed E-state index contributed by atoms with van der Waals surface area (Å²) < 4.78 is 2.88. The number of amides is 2. The fourth-order valence-corrected chi connectivity index (χ4v) is 3.80. The van der Waals surface area contributed by atoms with Crippen LogP contribution in [-0.2, 0) is 11.3 Å². The van der Waals surface area contributed by atoms with E-state index in [9.17, 15) is 14.4 Å². The summed E-state index contributed by atoms with van der Waals surface area (Å²) in [5, 5.41) is 11.8. The van der Waals surface area contributed by atoms with Gasteiger partial charge in [-0.05, 0) is 47.7 Å². The van der Waals surface area contributed by atoms with E-state index in [0.29, 0.717) is 42.1 Å². The van der Waals surface area contributed by atoms with Crippen LogP contribution in [0.15, 0.2) is 71.0 Å². The van der Waals surface area contributed by atoms with Crippen molar-refractivity contribution in [3.63, 3.8) is 0 Å². The summed E-state index contributed by atoms with van der Waals surface area (Å²) in [4.78, 5) is 37.2. The second-order valence-electron chi connectivity index (χ2n) is 6.95. The Labute approximate surface area is 182 Å². The molecule has 0 atom stereocenters. The number of hydrogen-bond acceptors (Lipinski definition) is 5. The molecule has 0 aliphatic heterocycles. The minimum Gasteiger partial charge on any atom is -0.351 e. The second kappa shape index (κ2) is 9.40. The molecule has 3 heterocycles. The lowest BCUT2D eigenvalue weighted by Crippen LogP contribution is -2.24. The SMILES string of the molecule is O=C(CCCNC(=O)c1cccs1)Nc1cccc(Cn2nc3ccccn3c2=O)c1. The monoisotopic (exact) mass is 435 g/mol. The Morgan fingerprint density at radius 1 is 1.06 bits per heavy atom. The van der Waals surface area contributed by atoms with Crippen LogP contribution in [0.1, 0.15) is 28.1 Å². The molecule has 2 amide bonds. The summed E-state index contributed by atoms with van der Waals surface area (Å²) in [6, 6.07) is 16.3. The number of aromatic nitrogens is 3. The summed E-state index contributed by atoms with van der Waals surface area (Å²) >= 11 is 1.38. The fraction of sp³-hybridized carbons (Fsp3) is 0.182. The first-order valence-electron chi connectivity index (χ1n) is 9.85. The second-order valence-corrected chi connectivity index (χ2v) is 7.90. The van der Waals surface area contributed by atoms with Crippen LogP contribution in [0.2, 0.25) is 0 Å². The van der Waals surface area contributed by atoms with Crippen molar-refractivity contribution in [2.24, 2.45) is 0 Å². The average molecular weight is 436 g/mol. The Morgan fingerprint density at radius 3 is 2.77 bits per heavy atom. The van der Waals surface area contributed by atoms with E-state index in [4.69, 9.17) is 0 Å².